The van der Waals surface area contributed by atoms with Crippen LogP contribution in [0.3, 0.4) is 0 Å². The van der Waals surface area contributed by atoms with Crippen molar-refractivity contribution < 1.29 is 18.7 Å². The number of fused-ring (bicyclic) bond motifs is 1. The molecule has 6 nitrogen and oxygen atoms in total. The van der Waals surface area contributed by atoms with Crippen molar-refractivity contribution in [3.05, 3.63) is 65.4 Å². The minimum atomic E-state index is -0.424. The molecule has 0 saturated carbocycles. The third kappa shape index (κ3) is 4.23. The molecule has 0 radical (unpaired) electrons. The van der Waals surface area contributed by atoms with Gasteiger partial charge in [0.25, 0.3) is 11.8 Å². The van der Waals surface area contributed by atoms with Crippen LogP contribution in [0.15, 0.2) is 52.9 Å². The quantitative estimate of drug-likeness (QED) is 0.643. The topological polar surface area (TPSA) is 80.6 Å². The van der Waals surface area contributed by atoms with E-state index in [1.165, 1.54) is 0 Å². The Kier molecular flexibility index (Phi) is 6.11. The number of hydrogen-bond acceptors (Lipinski definition) is 4. The van der Waals surface area contributed by atoms with Gasteiger partial charge in [-0.1, -0.05) is 44.2 Å². The van der Waals surface area contributed by atoms with E-state index in [4.69, 9.17) is 9.15 Å². The molecule has 1 aromatic heterocycles. The van der Waals surface area contributed by atoms with Crippen LogP contribution in [0, 0.1) is 5.92 Å². The van der Waals surface area contributed by atoms with Crippen molar-refractivity contribution in [2.45, 2.75) is 20.5 Å². The van der Waals surface area contributed by atoms with Crippen molar-refractivity contribution in [1.29, 1.82) is 0 Å². The van der Waals surface area contributed by atoms with E-state index in [1.54, 1.807) is 37.4 Å². The van der Waals surface area contributed by atoms with Crippen LogP contribution in [0.2, 0.25) is 0 Å². The summed E-state index contributed by atoms with van der Waals surface area (Å²) in [5.41, 5.74) is 2.12. The van der Waals surface area contributed by atoms with E-state index >= 15 is 0 Å². The van der Waals surface area contributed by atoms with E-state index in [-0.39, 0.29) is 18.3 Å². The van der Waals surface area contributed by atoms with Gasteiger partial charge in [0.05, 0.1) is 17.9 Å². The van der Waals surface area contributed by atoms with Crippen LogP contribution in [0.1, 0.15) is 40.3 Å². The van der Waals surface area contributed by atoms with Gasteiger partial charge in [0.15, 0.2) is 5.76 Å². The van der Waals surface area contributed by atoms with Crippen molar-refractivity contribution in [2.75, 3.05) is 19.0 Å². The lowest BCUT2D eigenvalue weighted by Gasteiger charge is -2.12. The highest BCUT2D eigenvalue weighted by atomic mass is 16.5. The number of nitrogens with one attached hydrogen (secondary N) is 2. The number of benzene rings is 2. The zero-order chi connectivity index (χ0) is 20.1. The molecule has 0 bridgehead atoms. The Labute approximate surface area is 163 Å². The number of rotatable bonds is 7. The highest BCUT2D eigenvalue weighted by Gasteiger charge is 2.22. The van der Waals surface area contributed by atoms with Gasteiger partial charge in [0.1, 0.15) is 5.58 Å². The SMILES string of the molecule is COCc1c(C(=O)Nc2ccccc2C(=O)NCC(C)C)oc2ccccc12. The number of carbonyl (C=O) groups excluding carboxylic acids is 2. The van der Waals surface area contributed by atoms with Gasteiger partial charge in [0.2, 0.25) is 0 Å². The first kappa shape index (κ1) is 19.6. The summed E-state index contributed by atoms with van der Waals surface area (Å²) in [6.45, 7) is 4.85. The average molecular weight is 380 g/mol. The fraction of sp³-hybridized carbons (Fsp3) is 0.273. The second-order valence-corrected chi connectivity index (χ2v) is 6.94. The van der Waals surface area contributed by atoms with Crippen LogP contribution in [0.5, 0.6) is 0 Å². The molecule has 1 heterocycles. The minimum Gasteiger partial charge on any atom is -0.451 e. The molecule has 0 spiro atoms. The number of carbonyl (C=O) groups is 2. The molecule has 146 valence electrons. The number of amides is 2. The monoisotopic (exact) mass is 380 g/mol. The molecular weight excluding hydrogens is 356 g/mol. The first-order valence-corrected chi connectivity index (χ1v) is 9.19. The van der Waals surface area contributed by atoms with Crippen molar-refractivity contribution in [1.82, 2.24) is 5.32 Å². The molecule has 0 aliphatic rings. The second kappa shape index (κ2) is 8.71. The maximum Gasteiger partial charge on any atom is 0.291 e. The predicted molar refractivity (Wildman–Crippen MR) is 108 cm³/mol. The number of ether oxygens (including phenoxy) is 1. The Balaban J connectivity index is 1.89. The summed E-state index contributed by atoms with van der Waals surface area (Å²) in [5.74, 6) is -0.142. The summed E-state index contributed by atoms with van der Waals surface area (Å²) in [4.78, 5) is 25.4. The van der Waals surface area contributed by atoms with Crippen LogP contribution in [-0.4, -0.2) is 25.5 Å². The molecule has 3 aromatic rings. The molecule has 2 aromatic carbocycles. The molecular formula is C22H24N2O4. The van der Waals surface area contributed by atoms with Crippen molar-refractivity contribution in [2.24, 2.45) is 5.92 Å². The summed E-state index contributed by atoms with van der Waals surface area (Å²) >= 11 is 0. The minimum absolute atomic E-state index is 0.181. The van der Waals surface area contributed by atoms with Crippen LogP contribution in [-0.2, 0) is 11.3 Å². The fourth-order valence-corrected chi connectivity index (χ4v) is 2.93. The molecule has 0 saturated heterocycles. The first-order valence-electron chi connectivity index (χ1n) is 9.19. The third-order valence-corrected chi connectivity index (χ3v) is 4.28. The van der Waals surface area contributed by atoms with E-state index in [0.717, 1.165) is 5.39 Å². The molecule has 0 atom stereocenters. The highest BCUT2D eigenvalue weighted by molar-refractivity contribution is 6.10. The second-order valence-electron chi connectivity index (χ2n) is 6.94. The van der Waals surface area contributed by atoms with Gasteiger partial charge in [-0.05, 0) is 24.1 Å². The largest absolute Gasteiger partial charge is 0.451 e. The number of hydrogen-bond donors (Lipinski definition) is 2. The van der Waals surface area contributed by atoms with Gasteiger partial charge in [-0.25, -0.2) is 0 Å². The Morgan fingerprint density at radius 2 is 1.75 bits per heavy atom. The van der Waals surface area contributed by atoms with Crippen LogP contribution < -0.4 is 10.6 Å². The van der Waals surface area contributed by atoms with Gasteiger partial charge < -0.3 is 19.8 Å². The maximum absolute atomic E-state index is 12.9. The maximum atomic E-state index is 12.9. The highest BCUT2D eigenvalue weighted by Crippen LogP contribution is 2.27. The van der Waals surface area contributed by atoms with E-state index in [0.29, 0.717) is 34.9 Å². The molecule has 0 fully saturated rings. The lowest BCUT2D eigenvalue weighted by Crippen LogP contribution is -2.28. The Bertz CT molecular complexity index is 991. The van der Waals surface area contributed by atoms with Crippen molar-refractivity contribution >= 4 is 28.5 Å². The summed E-state index contributed by atoms with van der Waals surface area (Å²) in [6.07, 6.45) is 0. The van der Waals surface area contributed by atoms with Crippen LogP contribution in [0.25, 0.3) is 11.0 Å². The number of anilines is 1. The standard InChI is InChI=1S/C22H24N2O4/c1-14(2)12-23-21(25)16-9-4-6-10-18(16)24-22(26)20-17(13-27-3)15-8-5-7-11-19(15)28-20/h4-11,14H,12-13H2,1-3H3,(H,23,25)(H,24,26). The van der Waals surface area contributed by atoms with E-state index < -0.39 is 5.91 Å². The molecule has 3 rings (SSSR count). The van der Waals surface area contributed by atoms with Crippen LogP contribution in [0.4, 0.5) is 5.69 Å². The lowest BCUT2D eigenvalue weighted by molar-refractivity contribution is 0.0950. The van der Waals surface area contributed by atoms with Crippen molar-refractivity contribution in [3.63, 3.8) is 0 Å². The molecule has 28 heavy (non-hydrogen) atoms. The number of furan rings is 1. The summed E-state index contributed by atoms with van der Waals surface area (Å²) in [7, 11) is 1.57. The van der Waals surface area contributed by atoms with Gasteiger partial charge in [-0.2, -0.15) is 0 Å². The third-order valence-electron chi connectivity index (χ3n) is 4.28. The summed E-state index contributed by atoms with van der Waals surface area (Å²) in [5, 5.41) is 6.51. The smallest absolute Gasteiger partial charge is 0.291 e. The molecule has 2 N–H and O–H groups in total. The molecule has 6 heteroatoms. The predicted octanol–water partition coefficient (Wildman–Crippen LogP) is 4.22. The van der Waals surface area contributed by atoms with Gasteiger partial charge >= 0.3 is 0 Å². The molecule has 0 aliphatic carbocycles. The Morgan fingerprint density at radius 3 is 2.50 bits per heavy atom. The molecule has 0 unspecified atom stereocenters. The normalized spacial score (nSPS) is 11.0. The number of para-hydroxylation sites is 2. The fourth-order valence-electron chi connectivity index (χ4n) is 2.93. The van der Waals surface area contributed by atoms with Gasteiger partial charge in [-0.15, -0.1) is 0 Å². The summed E-state index contributed by atoms with van der Waals surface area (Å²) in [6, 6.07) is 14.3. The van der Waals surface area contributed by atoms with E-state index in [2.05, 4.69) is 10.6 Å². The Hall–Kier alpha value is -3.12. The van der Waals surface area contributed by atoms with E-state index in [9.17, 15) is 9.59 Å². The molecule has 0 aliphatic heterocycles. The average Bonchev–Trinajstić information content (AvgIpc) is 3.06. The zero-order valence-electron chi connectivity index (χ0n) is 16.2. The van der Waals surface area contributed by atoms with Gasteiger partial charge in [-0.3, -0.25) is 9.59 Å². The lowest BCUT2D eigenvalue weighted by atomic mass is 10.1. The zero-order valence-corrected chi connectivity index (χ0v) is 16.2. The Morgan fingerprint density at radius 1 is 1.04 bits per heavy atom. The van der Waals surface area contributed by atoms with Gasteiger partial charge in [0, 0.05) is 24.6 Å². The summed E-state index contributed by atoms with van der Waals surface area (Å²) < 4.78 is 11.0. The van der Waals surface area contributed by atoms with Crippen LogP contribution >= 0.6 is 0 Å². The molecule has 2 amide bonds. The van der Waals surface area contributed by atoms with E-state index in [1.807, 2.05) is 32.0 Å². The first-order chi connectivity index (χ1) is 13.5. The van der Waals surface area contributed by atoms with Crippen molar-refractivity contribution in [3.8, 4) is 0 Å². The number of methoxy groups -OCH3 is 1.